The Hall–Kier alpha value is -2.23. The predicted molar refractivity (Wildman–Crippen MR) is 91.8 cm³/mol. The minimum Gasteiger partial charge on any atom is -0.454 e. The first kappa shape index (κ1) is 19.5. The van der Waals surface area contributed by atoms with Gasteiger partial charge in [0.25, 0.3) is 5.91 Å². The van der Waals surface area contributed by atoms with Gasteiger partial charge in [0.1, 0.15) is 6.04 Å². The first-order valence-corrected chi connectivity index (χ1v) is 9.18. The van der Waals surface area contributed by atoms with Gasteiger partial charge in [-0.1, -0.05) is 6.07 Å². The van der Waals surface area contributed by atoms with Crippen molar-refractivity contribution in [3.8, 4) is 0 Å². The summed E-state index contributed by atoms with van der Waals surface area (Å²) in [5, 5.41) is 2.26. The Labute approximate surface area is 157 Å². The predicted octanol–water partition coefficient (Wildman–Crippen LogP) is 2.64. The van der Waals surface area contributed by atoms with Gasteiger partial charge in [-0.3, -0.25) is 9.59 Å². The van der Waals surface area contributed by atoms with Gasteiger partial charge in [-0.15, -0.1) is 11.8 Å². The Morgan fingerprint density at radius 2 is 2.15 bits per heavy atom. The number of anilines is 1. The maximum atomic E-state index is 12.7. The molecule has 1 aromatic carbocycles. The van der Waals surface area contributed by atoms with E-state index in [1.165, 1.54) is 28.8 Å². The van der Waals surface area contributed by atoms with Crippen LogP contribution in [-0.4, -0.2) is 46.0 Å². The standard InChI is InChI=1S/C17H17F3N2O4S/c1-16-6-5-14(24)22(16)12(9-27-16)15(25)26-8-13(23)21-11-4-2-3-10(7-11)17(18,19)20/h2-4,7,12H,5-6,8-9H2,1H3,(H,21,23)/t12-,16-/m1/s1. The van der Waals surface area contributed by atoms with Crippen LogP contribution in [0.4, 0.5) is 18.9 Å². The fraction of sp³-hybridized carbons (Fsp3) is 0.471. The maximum Gasteiger partial charge on any atom is 0.416 e. The molecule has 0 aliphatic carbocycles. The van der Waals surface area contributed by atoms with Crippen LogP contribution in [-0.2, 0) is 25.3 Å². The summed E-state index contributed by atoms with van der Waals surface area (Å²) in [5.74, 6) is -1.20. The number of ether oxygens (including phenoxy) is 1. The Morgan fingerprint density at radius 1 is 1.41 bits per heavy atom. The molecule has 0 radical (unpaired) electrons. The molecule has 0 bridgehead atoms. The molecule has 146 valence electrons. The minimum atomic E-state index is -4.53. The van der Waals surface area contributed by atoms with Crippen LogP contribution in [0.2, 0.25) is 0 Å². The zero-order chi connectivity index (χ0) is 19.8. The molecule has 27 heavy (non-hydrogen) atoms. The van der Waals surface area contributed by atoms with E-state index >= 15 is 0 Å². The second kappa shape index (κ2) is 7.06. The number of hydrogen-bond donors (Lipinski definition) is 1. The van der Waals surface area contributed by atoms with E-state index in [0.717, 1.165) is 12.1 Å². The van der Waals surface area contributed by atoms with Crippen LogP contribution in [0.25, 0.3) is 0 Å². The van der Waals surface area contributed by atoms with Crippen molar-refractivity contribution in [2.75, 3.05) is 17.7 Å². The number of hydrogen-bond acceptors (Lipinski definition) is 5. The van der Waals surface area contributed by atoms with Crippen molar-refractivity contribution in [1.29, 1.82) is 0 Å². The van der Waals surface area contributed by atoms with E-state index in [1.807, 2.05) is 6.92 Å². The van der Waals surface area contributed by atoms with Crippen molar-refractivity contribution < 1.29 is 32.3 Å². The first-order chi connectivity index (χ1) is 12.6. The number of benzene rings is 1. The van der Waals surface area contributed by atoms with Crippen molar-refractivity contribution >= 4 is 35.2 Å². The quantitative estimate of drug-likeness (QED) is 0.784. The SMILES string of the molecule is C[C@@]12CCC(=O)N1[C@@H](C(=O)OCC(=O)Nc1cccc(C(F)(F)F)c1)CS2. The second-order valence-electron chi connectivity index (χ2n) is 6.50. The summed E-state index contributed by atoms with van der Waals surface area (Å²) in [5.41, 5.74) is -0.948. The third-order valence-corrected chi connectivity index (χ3v) is 6.04. The lowest BCUT2D eigenvalue weighted by Gasteiger charge is -2.29. The Morgan fingerprint density at radius 3 is 2.85 bits per heavy atom. The monoisotopic (exact) mass is 402 g/mol. The third kappa shape index (κ3) is 4.05. The largest absolute Gasteiger partial charge is 0.454 e. The number of nitrogens with one attached hydrogen (secondary N) is 1. The van der Waals surface area contributed by atoms with Gasteiger partial charge < -0.3 is 15.0 Å². The van der Waals surface area contributed by atoms with Crippen LogP contribution in [0, 0.1) is 0 Å². The van der Waals surface area contributed by atoms with E-state index in [0.29, 0.717) is 18.6 Å². The van der Waals surface area contributed by atoms with Crippen molar-refractivity contribution in [3.05, 3.63) is 29.8 Å². The average Bonchev–Trinajstić information content (AvgIpc) is 3.08. The number of halogens is 3. The number of amides is 2. The number of carbonyl (C=O) groups excluding carboxylic acids is 3. The molecule has 1 N–H and O–H groups in total. The average molecular weight is 402 g/mol. The van der Waals surface area contributed by atoms with Crippen molar-refractivity contribution in [3.63, 3.8) is 0 Å². The molecule has 2 amide bonds. The topological polar surface area (TPSA) is 75.7 Å². The number of carbonyl (C=O) groups is 3. The number of nitrogens with zero attached hydrogens (tertiary/aromatic N) is 1. The summed E-state index contributed by atoms with van der Waals surface area (Å²) < 4.78 is 43.0. The van der Waals surface area contributed by atoms with Gasteiger partial charge in [-0.05, 0) is 31.5 Å². The molecule has 10 heteroatoms. The van der Waals surface area contributed by atoms with E-state index in [-0.39, 0.29) is 11.6 Å². The summed E-state index contributed by atoms with van der Waals surface area (Å²) in [4.78, 5) is 37.2. The van der Waals surface area contributed by atoms with Crippen LogP contribution in [0.1, 0.15) is 25.3 Å². The molecule has 2 aliphatic rings. The fourth-order valence-corrected chi connectivity index (χ4v) is 4.62. The minimum absolute atomic E-state index is 0.0513. The van der Waals surface area contributed by atoms with Crippen LogP contribution in [0.5, 0.6) is 0 Å². The molecule has 2 fully saturated rings. The van der Waals surface area contributed by atoms with Gasteiger partial charge in [0.2, 0.25) is 5.91 Å². The van der Waals surface area contributed by atoms with Crippen LogP contribution in [0.3, 0.4) is 0 Å². The number of fused-ring (bicyclic) bond motifs is 1. The molecule has 0 aromatic heterocycles. The highest BCUT2D eigenvalue weighted by atomic mass is 32.2. The highest BCUT2D eigenvalue weighted by Gasteiger charge is 2.53. The Balaban J connectivity index is 1.55. The molecule has 2 aliphatic heterocycles. The summed E-state index contributed by atoms with van der Waals surface area (Å²) in [6, 6.07) is 3.40. The second-order valence-corrected chi connectivity index (χ2v) is 8.00. The molecular weight excluding hydrogens is 385 g/mol. The molecule has 0 saturated carbocycles. The van der Waals surface area contributed by atoms with Crippen LogP contribution < -0.4 is 5.32 Å². The van der Waals surface area contributed by atoms with E-state index in [9.17, 15) is 27.6 Å². The summed E-state index contributed by atoms with van der Waals surface area (Å²) >= 11 is 1.49. The lowest BCUT2D eigenvalue weighted by Crippen LogP contribution is -2.47. The smallest absolute Gasteiger partial charge is 0.416 e. The highest BCUT2D eigenvalue weighted by Crippen LogP contribution is 2.47. The first-order valence-electron chi connectivity index (χ1n) is 8.20. The number of esters is 1. The molecule has 0 unspecified atom stereocenters. The number of thioether (sulfide) groups is 1. The summed E-state index contributed by atoms with van der Waals surface area (Å²) in [7, 11) is 0. The van der Waals surface area contributed by atoms with Crippen molar-refractivity contribution in [2.45, 2.75) is 36.9 Å². The van der Waals surface area contributed by atoms with Gasteiger partial charge in [0.15, 0.2) is 6.61 Å². The molecule has 3 rings (SSSR count). The lowest BCUT2D eigenvalue weighted by atomic mass is 10.2. The number of rotatable bonds is 4. The van der Waals surface area contributed by atoms with Gasteiger partial charge >= 0.3 is 12.1 Å². The molecule has 1 aromatic rings. The molecular formula is C17H17F3N2O4S. The van der Waals surface area contributed by atoms with Crippen molar-refractivity contribution in [2.24, 2.45) is 0 Å². The normalized spacial score (nSPS) is 24.7. The molecule has 0 spiro atoms. The lowest BCUT2D eigenvalue weighted by molar-refractivity contribution is -0.155. The summed E-state index contributed by atoms with van der Waals surface area (Å²) in [6.07, 6.45) is -3.51. The van der Waals surface area contributed by atoms with E-state index in [1.54, 1.807) is 0 Å². The maximum absolute atomic E-state index is 12.7. The zero-order valence-corrected chi connectivity index (χ0v) is 15.2. The summed E-state index contributed by atoms with van der Waals surface area (Å²) in [6.45, 7) is 1.24. The zero-order valence-electron chi connectivity index (χ0n) is 14.3. The highest BCUT2D eigenvalue weighted by molar-refractivity contribution is 8.01. The molecule has 2 atom stereocenters. The third-order valence-electron chi connectivity index (χ3n) is 4.54. The van der Waals surface area contributed by atoms with Gasteiger partial charge in [0.05, 0.1) is 10.4 Å². The van der Waals surface area contributed by atoms with E-state index < -0.39 is 41.1 Å². The van der Waals surface area contributed by atoms with Crippen LogP contribution >= 0.6 is 11.8 Å². The van der Waals surface area contributed by atoms with Gasteiger partial charge in [0, 0.05) is 17.9 Å². The number of alkyl halides is 3. The van der Waals surface area contributed by atoms with Gasteiger partial charge in [-0.25, -0.2) is 4.79 Å². The molecule has 6 nitrogen and oxygen atoms in total. The van der Waals surface area contributed by atoms with E-state index in [4.69, 9.17) is 4.74 Å². The molecule has 2 saturated heterocycles. The Bertz CT molecular complexity index is 786. The van der Waals surface area contributed by atoms with Crippen molar-refractivity contribution in [1.82, 2.24) is 4.90 Å². The molecule has 2 heterocycles. The Kier molecular flexibility index (Phi) is 5.11. The van der Waals surface area contributed by atoms with E-state index in [2.05, 4.69) is 5.32 Å². The van der Waals surface area contributed by atoms with Gasteiger partial charge in [-0.2, -0.15) is 13.2 Å². The van der Waals surface area contributed by atoms with Crippen LogP contribution in [0.15, 0.2) is 24.3 Å². The fourth-order valence-electron chi connectivity index (χ4n) is 3.20.